The van der Waals surface area contributed by atoms with E-state index in [9.17, 15) is 10.1 Å². The number of benzene rings is 2. The summed E-state index contributed by atoms with van der Waals surface area (Å²) < 4.78 is 5.69. The summed E-state index contributed by atoms with van der Waals surface area (Å²) in [6.07, 6.45) is 1.41. The lowest BCUT2D eigenvalue weighted by molar-refractivity contribution is -0.384. The number of aryl methyl sites for hydroxylation is 2. The number of halogens is 3. The number of furan rings is 1. The van der Waals surface area contributed by atoms with Crippen molar-refractivity contribution in [3.05, 3.63) is 78.5 Å². The Balaban J connectivity index is 1.85. The third-order valence-electron chi connectivity index (χ3n) is 4.08. The molecule has 9 heteroatoms. The summed E-state index contributed by atoms with van der Waals surface area (Å²) in [4.78, 5) is 10.9. The molecule has 1 heterocycles. The van der Waals surface area contributed by atoms with Crippen molar-refractivity contribution in [1.82, 2.24) is 0 Å². The summed E-state index contributed by atoms with van der Waals surface area (Å²) in [5.74, 6) is 0.773. The maximum Gasteiger partial charge on any atom is 0.280 e. The van der Waals surface area contributed by atoms with E-state index >= 15 is 0 Å². The van der Waals surface area contributed by atoms with Gasteiger partial charge < -0.3 is 4.42 Å². The van der Waals surface area contributed by atoms with E-state index in [0.717, 1.165) is 11.1 Å². The molecule has 1 aromatic heterocycles. The standard InChI is InChI=1S/C19H14Cl3N3O3/c1-10-5-14(17(25(26)27)6-11(10)2)18-4-3-13(28-18)9-23-24-19-15(21)7-12(20)8-16(19)22/h3-9,24H,1-2H3. The molecule has 28 heavy (non-hydrogen) atoms. The number of nitrogens with zero attached hydrogens (tertiary/aromatic N) is 2. The number of rotatable bonds is 5. The average Bonchev–Trinajstić information content (AvgIpc) is 3.07. The second kappa shape index (κ2) is 8.22. The van der Waals surface area contributed by atoms with Gasteiger partial charge in [-0.3, -0.25) is 15.5 Å². The van der Waals surface area contributed by atoms with Crippen LogP contribution in [0.3, 0.4) is 0 Å². The van der Waals surface area contributed by atoms with E-state index in [1.54, 1.807) is 18.2 Å². The molecule has 3 aromatic rings. The van der Waals surface area contributed by atoms with Crippen molar-refractivity contribution in [1.29, 1.82) is 0 Å². The normalized spacial score (nSPS) is 11.2. The summed E-state index contributed by atoms with van der Waals surface area (Å²) in [7, 11) is 0. The van der Waals surface area contributed by atoms with E-state index in [0.29, 0.717) is 37.8 Å². The topological polar surface area (TPSA) is 80.7 Å². The average molecular weight is 439 g/mol. The highest BCUT2D eigenvalue weighted by atomic mass is 35.5. The minimum absolute atomic E-state index is 0.0150. The van der Waals surface area contributed by atoms with Gasteiger partial charge in [0.2, 0.25) is 0 Å². The van der Waals surface area contributed by atoms with E-state index in [1.807, 2.05) is 13.8 Å². The first-order valence-electron chi connectivity index (χ1n) is 8.05. The molecular weight excluding hydrogens is 425 g/mol. The molecule has 0 aliphatic heterocycles. The van der Waals surface area contributed by atoms with Gasteiger partial charge in [-0.05, 0) is 55.3 Å². The van der Waals surface area contributed by atoms with Crippen LogP contribution in [0.15, 0.2) is 45.9 Å². The summed E-state index contributed by atoms with van der Waals surface area (Å²) in [5, 5.41) is 16.5. The van der Waals surface area contributed by atoms with E-state index in [2.05, 4.69) is 10.5 Å². The van der Waals surface area contributed by atoms with Gasteiger partial charge in [0.1, 0.15) is 11.5 Å². The molecule has 0 bridgehead atoms. The van der Waals surface area contributed by atoms with E-state index in [-0.39, 0.29) is 5.69 Å². The summed E-state index contributed by atoms with van der Waals surface area (Å²) in [6, 6.07) is 9.66. The Morgan fingerprint density at radius 2 is 1.71 bits per heavy atom. The van der Waals surface area contributed by atoms with Crippen LogP contribution < -0.4 is 5.43 Å². The van der Waals surface area contributed by atoms with Crippen molar-refractivity contribution in [3.63, 3.8) is 0 Å². The fourth-order valence-electron chi connectivity index (χ4n) is 2.53. The molecule has 0 aliphatic carbocycles. The molecule has 0 fully saturated rings. The van der Waals surface area contributed by atoms with E-state index in [1.165, 1.54) is 24.4 Å². The fraction of sp³-hybridized carbons (Fsp3) is 0.105. The van der Waals surface area contributed by atoms with Gasteiger partial charge in [0.15, 0.2) is 0 Å². The molecule has 0 radical (unpaired) electrons. The van der Waals surface area contributed by atoms with Crippen LogP contribution in [0.1, 0.15) is 16.9 Å². The monoisotopic (exact) mass is 437 g/mol. The first-order valence-corrected chi connectivity index (χ1v) is 9.19. The number of nitro groups is 1. The number of anilines is 1. The van der Waals surface area contributed by atoms with E-state index in [4.69, 9.17) is 39.2 Å². The SMILES string of the molecule is Cc1cc(-c2ccc(C=NNc3c(Cl)cc(Cl)cc3Cl)o2)c([N+](=O)[O-])cc1C. The molecular formula is C19H14Cl3N3O3. The predicted molar refractivity (Wildman–Crippen MR) is 113 cm³/mol. The number of hydrogen-bond acceptors (Lipinski definition) is 5. The van der Waals surface area contributed by atoms with Crippen LogP contribution in [0.25, 0.3) is 11.3 Å². The second-order valence-corrected chi connectivity index (χ2v) is 7.28. The lowest BCUT2D eigenvalue weighted by Crippen LogP contribution is -1.94. The number of nitro benzene ring substituents is 1. The molecule has 0 amide bonds. The summed E-state index contributed by atoms with van der Waals surface area (Å²) >= 11 is 18.0. The molecule has 144 valence electrons. The third kappa shape index (κ3) is 4.30. The molecule has 3 rings (SSSR count). The fourth-order valence-corrected chi connectivity index (χ4v) is 3.43. The Morgan fingerprint density at radius 3 is 2.36 bits per heavy atom. The lowest BCUT2D eigenvalue weighted by atomic mass is 10.0. The Bertz CT molecular complexity index is 1070. The molecule has 0 aliphatic rings. The predicted octanol–water partition coefficient (Wildman–Crippen LogP) is 6.88. The van der Waals surface area contributed by atoms with Crippen molar-refractivity contribution in [3.8, 4) is 11.3 Å². The van der Waals surface area contributed by atoms with Crippen molar-refractivity contribution in [2.24, 2.45) is 5.10 Å². The Labute approximate surface area is 175 Å². The molecule has 6 nitrogen and oxygen atoms in total. The van der Waals surface area contributed by atoms with Crippen LogP contribution in [-0.4, -0.2) is 11.1 Å². The highest BCUT2D eigenvalue weighted by Crippen LogP contribution is 2.34. The number of nitrogens with one attached hydrogen (secondary N) is 1. The summed E-state index contributed by atoms with van der Waals surface area (Å²) in [6.45, 7) is 3.71. The molecule has 0 atom stereocenters. The van der Waals surface area contributed by atoms with Gasteiger partial charge in [-0.25, -0.2) is 0 Å². The molecule has 0 saturated carbocycles. The van der Waals surface area contributed by atoms with Crippen LogP contribution >= 0.6 is 34.8 Å². The zero-order valence-electron chi connectivity index (χ0n) is 14.8. The molecule has 0 unspecified atom stereocenters. The Kier molecular flexibility index (Phi) is 5.93. The number of hydrazone groups is 1. The van der Waals surface area contributed by atoms with Crippen molar-refractivity contribution in [2.45, 2.75) is 13.8 Å². The molecule has 0 saturated heterocycles. The van der Waals surface area contributed by atoms with Gasteiger partial charge in [-0.1, -0.05) is 34.8 Å². The minimum Gasteiger partial charge on any atom is -0.455 e. The van der Waals surface area contributed by atoms with Crippen LogP contribution in [-0.2, 0) is 0 Å². The molecule has 0 spiro atoms. The quantitative estimate of drug-likeness (QED) is 0.267. The summed E-state index contributed by atoms with van der Waals surface area (Å²) in [5.41, 5.74) is 5.30. The zero-order valence-corrected chi connectivity index (χ0v) is 17.1. The van der Waals surface area contributed by atoms with Crippen molar-refractivity contribution >= 4 is 52.4 Å². The largest absolute Gasteiger partial charge is 0.455 e. The second-order valence-electron chi connectivity index (χ2n) is 6.03. The molecule has 2 aromatic carbocycles. The Morgan fingerprint density at radius 1 is 1.07 bits per heavy atom. The zero-order chi connectivity index (χ0) is 20.4. The van der Waals surface area contributed by atoms with E-state index < -0.39 is 4.92 Å². The van der Waals surface area contributed by atoms with Crippen molar-refractivity contribution < 1.29 is 9.34 Å². The molecule has 1 N–H and O–H groups in total. The highest BCUT2D eigenvalue weighted by Gasteiger charge is 2.19. The first-order chi connectivity index (χ1) is 13.3. The Hall–Kier alpha value is -2.54. The van der Waals surface area contributed by atoms with Crippen LogP contribution in [0.5, 0.6) is 0 Å². The van der Waals surface area contributed by atoms with Crippen LogP contribution in [0.2, 0.25) is 15.1 Å². The maximum atomic E-state index is 11.4. The third-order valence-corrected chi connectivity index (χ3v) is 4.89. The van der Waals surface area contributed by atoms with Crippen LogP contribution in [0.4, 0.5) is 11.4 Å². The van der Waals surface area contributed by atoms with Gasteiger partial charge in [-0.15, -0.1) is 0 Å². The van der Waals surface area contributed by atoms with Crippen molar-refractivity contribution in [2.75, 3.05) is 5.43 Å². The van der Waals surface area contributed by atoms with Crippen LogP contribution in [0, 0.1) is 24.0 Å². The maximum absolute atomic E-state index is 11.4. The van der Waals surface area contributed by atoms with Gasteiger partial charge >= 0.3 is 0 Å². The smallest absolute Gasteiger partial charge is 0.280 e. The number of hydrogen-bond donors (Lipinski definition) is 1. The van der Waals surface area contributed by atoms with Gasteiger partial charge in [0, 0.05) is 11.1 Å². The minimum atomic E-state index is -0.426. The van der Waals surface area contributed by atoms with Gasteiger partial charge in [-0.2, -0.15) is 5.10 Å². The highest BCUT2D eigenvalue weighted by molar-refractivity contribution is 6.41. The van der Waals surface area contributed by atoms with Gasteiger partial charge in [0.05, 0.1) is 32.4 Å². The van der Waals surface area contributed by atoms with Gasteiger partial charge in [0.25, 0.3) is 5.69 Å². The first kappa shape index (κ1) is 20.2. The lowest BCUT2D eigenvalue weighted by Gasteiger charge is -2.06.